The normalized spacial score (nSPS) is 23.7. The Hall–Kier alpha value is -0.530. The van der Waals surface area contributed by atoms with Gasteiger partial charge in [0.15, 0.2) is 1.41 Å². The van der Waals surface area contributed by atoms with Gasteiger partial charge in [0.25, 0.3) is 0 Å². The van der Waals surface area contributed by atoms with Crippen molar-refractivity contribution < 1.29 is 10.3 Å². The summed E-state index contributed by atoms with van der Waals surface area (Å²) in [5.74, 6) is -1.07. The third kappa shape index (κ3) is 5.60. The summed E-state index contributed by atoms with van der Waals surface area (Å²) in [6.45, 7) is 5.64. The quantitative estimate of drug-likeness (QED) is 0.645. The van der Waals surface area contributed by atoms with Gasteiger partial charge in [-0.05, 0) is 19.2 Å². The first kappa shape index (κ1) is 4.37. The highest BCUT2D eigenvalue weighted by atomic mass is 16.1. The van der Waals surface area contributed by atoms with Crippen LogP contribution in [-0.2, 0) is 4.79 Å². The third-order valence-corrected chi connectivity index (χ3v) is 0.823. The van der Waals surface area contributed by atoms with Crippen molar-refractivity contribution in [3.05, 3.63) is 0 Å². The minimum Gasteiger partial charge on any atom is -0.354 e. The molecule has 0 aliphatic carbocycles. The molecule has 0 aliphatic heterocycles. The summed E-state index contributed by atoms with van der Waals surface area (Å²) in [6.07, 6.45) is -1.92. The van der Waals surface area contributed by atoms with Crippen molar-refractivity contribution in [1.82, 2.24) is 5.31 Å². The molecule has 0 aromatic rings. The van der Waals surface area contributed by atoms with Gasteiger partial charge < -0.3 is 5.31 Å². The molecule has 1 N–H and O–H groups in total. The van der Waals surface area contributed by atoms with E-state index in [0.29, 0.717) is 5.31 Å². The van der Waals surface area contributed by atoms with E-state index in [9.17, 15) is 4.79 Å². The Morgan fingerprint density at radius 3 is 2.60 bits per heavy atom. The maximum atomic E-state index is 10.9. The molecule has 0 saturated carbocycles. The van der Waals surface area contributed by atoms with Crippen LogP contribution in [0.15, 0.2) is 0 Å². The van der Waals surface area contributed by atoms with Crippen molar-refractivity contribution in [2.45, 2.75) is 40.1 Å². The number of carbonyl (C=O) groups excluding carboxylic acids is 1. The molecule has 60 valence electrons. The molecule has 0 unspecified atom stereocenters. The number of carbonyl (C=O) groups is 1. The van der Waals surface area contributed by atoms with Crippen LogP contribution in [0.3, 0.4) is 0 Å². The molecule has 0 heterocycles. The van der Waals surface area contributed by atoms with E-state index in [2.05, 4.69) is 0 Å². The van der Waals surface area contributed by atoms with Gasteiger partial charge in [0.1, 0.15) is 0 Å². The molecule has 2 heteroatoms. The zero-order valence-corrected chi connectivity index (χ0v) is 6.93. The lowest BCUT2D eigenvalue weighted by atomic mass is 10.1. The van der Waals surface area contributed by atoms with Crippen LogP contribution in [0.2, 0.25) is 1.41 Å². The van der Waals surface area contributed by atoms with Crippen molar-refractivity contribution >= 4 is 5.91 Å². The van der Waals surface area contributed by atoms with Crippen molar-refractivity contribution in [2.75, 3.05) is 0 Å². The van der Waals surface area contributed by atoms with Gasteiger partial charge in [0.2, 0.25) is 5.91 Å². The molecule has 2 nitrogen and oxygen atoms in total. The van der Waals surface area contributed by atoms with E-state index < -0.39 is 24.2 Å². The van der Waals surface area contributed by atoms with Gasteiger partial charge in [-0.3, -0.25) is 4.79 Å². The summed E-state index contributed by atoms with van der Waals surface area (Å²) in [6, 6.07) is -1.87. The van der Waals surface area contributed by atoms with Crippen molar-refractivity contribution in [2.24, 2.45) is 5.92 Å². The number of hydrogen-bond donors (Lipinski definition) is 1. The predicted octanol–water partition coefficient (Wildman–Crippen LogP) is 1.56. The Balaban J connectivity index is 5.03. The summed E-state index contributed by atoms with van der Waals surface area (Å²) in [5.41, 5.74) is 0. The standard InChI is InChI=1S/C8H17NO/c1-6(2)5-7(3)9-8(4)10/h6-7H,5H2,1-4H3,(H,9,10)/t7-/m1/s1/i5D2,7D/hD. The average Bonchev–Trinajstić information content (AvgIpc) is 2.01. The fourth-order valence-electron chi connectivity index (χ4n) is 0.686. The van der Waals surface area contributed by atoms with Crippen LogP contribution in [0, 0.1) is 5.92 Å². The maximum Gasteiger partial charge on any atom is 0.217 e. The molecule has 0 radical (unpaired) electrons. The summed E-state index contributed by atoms with van der Waals surface area (Å²) in [4.78, 5) is 10.9. The van der Waals surface area contributed by atoms with E-state index in [-0.39, 0.29) is 0 Å². The fourth-order valence-corrected chi connectivity index (χ4v) is 0.686. The molecule has 0 spiro atoms. The lowest BCUT2D eigenvalue weighted by molar-refractivity contribution is -0.119. The van der Waals surface area contributed by atoms with Crippen LogP contribution in [0.25, 0.3) is 0 Å². The zero-order chi connectivity index (χ0) is 11.7. The van der Waals surface area contributed by atoms with Crippen molar-refractivity contribution in [1.29, 1.82) is 0 Å². The lowest BCUT2D eigenvalue weighted by Crippen LogP contribution is -2.31. The van der Waals surface area contributed by atoms with Gasteiger partial charge in [-0.2, -0.15) is 0 Å². The van der Waals surface area contributed by atoms with E-state index in [1.807, 2.05) is 0 Å². The zero-order valence-electron chi connectivity index (χ0n) is 10.9. The Labute approximate surface area is 68.7 Å². The highest BCUT2D eigenvalue weighted by Gasteiger charge is 2.04. The van der Waals surface area contributed by atoms with Crippen LogP contribution < -0.4 is 5.31 Å². The van der Waals surface area contributed by atoms with Gasteiger partial charge in [0.05, 0.1) is 1.37 Å². The molecule has 0 rings (SSSR count). The van der Waals surface area contributed by atoms with Crippen LogP contribution >= 0.6 is 0 Å². The molecule has 0 aromatic carbocycles. The molecule has 0 bridgehead atoms. The molecular weight excluding hydrogens is 126 g/mol. The smallest absolute Gasteiger partial charge is 0.217 e. The topological polar surface area (TPSA) is 29.1 Å². The Morgan fingerprint density at radius 1 is 1.80 bits per heavy atom. The van der Waals surface area contributed by atoms with Gasteiger partial charge in [0, 0.05) is 15.7 Å². The van der Waals surface area contributed by atoms with Crippen molar-refractivity contribution in [3.63, 3.8) is 0 Å². The largest absolute Gasteiger partial charge is 0.354 e. The number of hydrogen-bond acceptors (Lipinski definition) is 1. The van der Waals surface area contributed by atoms with Gasteiger partial charge in [-0.25, -0.2) is 0 Å². The minimum atomic E-state index is -1.92. The van der Waals surface area contributed by atoms with E-state index in [1.54, 1.807) is 13.8 Å². The first-order chi connectivity index (χ1) is 6.05. The van der Waals surface area contributed by atoms with Crippen molar-refractivity contribution in [3.8, 4) is 0 Å². The molecule has 1 atom stereocenters. The predicted molar refractivity (Wildman–Crippen MR) is 42.7 cm³/mol. The second kappa shape index (κ2) is 4.31. The average molecular weight is 147 g/mol. The Bertz CT molecular complexity index is 227. The molecular formula is C8H17NO. The maximum absolute atomic E-state index is 10.9. The summed E-state index contributed by atoms with van der Waals surface area (Å²) in [7, 11) is 0. The SMILES string of the molecule is [2H]N(C(C)=O)[C@]([2H])(C)C([2H])([2H])C(C)C. The van der Waals surface area contributed by atoms with Gasteiger partial charge >= 0.3 is 0 Å². The summed E-state index contributed by atoms with van der Waals surface area (Å²) >= 11 is 0. The third-order valence-electron chi connectivity index (χ3n) is 0.823. The molecule has 0 aromatic heterocycles. The number of amides is 1. The number of nitrogens with one attached hydrogen (secondary N) is 1. The highest BCUT2D eigenvalue weighted by Crippen LogP contribution is 2.02. The first-order valence-electron chi connectivity index (χ1n) is 5.29. The van der Waals surface area contributed by atoms with Gasteiger partial charge in [-0.1, -0.05) is 13.8 Å². The second-order valence-electron chi connectivity index (χ2n) is 2.52. The van der Waals surface area contributed by atoms with E-state index in [1.165, 1.54) is 6.92 Å². The Morgan fingerprint density at radius 2 is 2.30 bits per heavy atom. The van der Waals surface area contributed by atoms with E-state index in [0.717, 1.165) is 6.92 Å². The van der Waals surface area contributed by atoms with Crippen LogP contribution in [-0.4, -0.2) is 11.9 Å². The molecule has 0 aliphatic rings. The molecule has 0 fully saturated rings. The number of rotatable bonds is 3. The second-order valence-corrected chi connectivity index (χ2v) is 2.52. The fraction of sp³-hybridized carbons (Fsp3) is 0.875. The van der Waals surface area contributed by atoms with E-state index >= 15 is 0 Å². The van der Waals surface area contributed by atoms with Crippen LogP contribution in [0.4, 0.5) is 0 Å². The minimum absolute atomic E-state index is 0.382. The lowest BCUT2D eigenvalue weighted by Gasteiger charge is -2.13. The monoisotopic (exact) mass is 147 g/mol. The summed E-state index contributed by atoms with van der Waals surface area (Å²) in [5, 5.41) is 0.382. The molecule has 0 saturated heterocycles. The highest BCUT2D eigenvalue weighted by molar-refractivity contribution is 5.73. The first-order valence-corrected chi connectivity index (χ1v) is 3.34. The van der Waals surface area contributed by atoms with Crippen LogP contribution in [0.1, 0.15) is 38.2 Å². The molecule has 10 heavy (non-hydrogen) atoms. The summed E-state index contributed by atoms with van der Waals surface area (Å²) < 4.78 is 30.4. The van der Waals surface area contributed by atoms with E-state index in [4.69, 9.17) is 5.52 Å². The van der Waals surface area contributed by atoms with Crippen LogP contribution in [0.5, 0.6) is 0 Å². The Kier molecular flexibility index (Phi) is 1.88. The van der Waals surface area contributed by atoms with Gasteiger partial charge in [-0.15, -0.1) is 0 Å². The molecule has 1 amide bonds.